The molecule has 11 aromatic carbocycles. The fourth-order valence-electron chi connectivity index (χ4n) is 11.8. The van der Waals surface area contributed by atoms with Crippen LogP contribution in [0.25, 0.3) is 82.8 Å². The first-order valence-corrected chi connectivity index (χ1v) is 23.3. The molecule has 0 bridgehead atoms. The van der Waals surface area contributed by atoms with Gasteiger partial charge in [0.05, 0.1) is 27.8 Å². The maximum Gasteiger partial charge on any atom is 0.0755 e. The minimum atomic E-state index is -0.570. The smallest absolute Gasteiger partial charge is 0.0755 e. The van der Waals surface area contributed by atoms with Crippen molar-refractivity contribution in [2.24, 2.45) is 0 Å². The molecule has 1 aromatic heterocycles. The van der Waals surface area contributed by atoms with Gasteiger partial charge in [-0.05, 0) is 114 Å². The van der Waals surface area contributed by atoms with E-state index in [1.54, 1.807) is 0 Å². The molecule has 0 amide bonds. The third-order valence-electron chi connectivity index (χ3n) is 14.6. The van der Waals surface area contributed by atoms with Crippen LogP contribution in [0, 0.1) is 0 Å². The minimum absolute atomic E-state index is 0.570. The van der Waals surface area contributed by atoms with Crippen LogP contribution >= 0.6 is 0 Å². The average Bonchev–Trinajstić information content (AvgIpc) is 3.90. The zero-order valence-electron chi connectivity index (χ0n) is 36.6. The fourth-order valence-corrected chi connectivity index (χ4v) is 11.8. The lowest BCUT2D eigenvalue weighted by molar-refractivity contribution is 0.748. The van der Waals surface area contributed by atoms with Crippen molar-refractivity contribution in [3.63, 3.8) is 0 Å². The molecule has 0 saturated heterocycles. The Labute approximate surface area is 389 Å². The van der Waals surface area contributed by atoms with Crippen molar-refractivity contribution in [1.82, 2.24) is 4.57 Å². The van der Waals surface area contributed by atoms with E-state index >= 15 is 0 Å². The van der Waals surface area contributed by atoms with Crippen LogP contribution in [-0.4, -0.2) is 4.57 Å². The molecule has 14 rings (SSSR count). The van der Waals surface area contributed by atoms with Crippen molar-refractivity contribution in [1.29, 1.82) is 0 Å². The first kappa shape index (κ1) is 37.6. The third kappa shape index (κ3) is 5.45. The van der Waals surface area contributed by atoms with Crippen molar-refractivity contribution in [3.05, 3.63) is 277 Å². The van der Waals surface area contributed by atoms with Crippen LogP contribution in [0.1, 0.15) is 22.3 Å². The highest BCUT2D eigenvalue weighted by Crippen LogP contribution is 2.62. The Morgan fingerprint density at radius 1 is 0.313 bits per heavy atom. The molecule has 0 saturated carbocycles. The zero-order chi connectivity index (χ0) is 44.1. The molecule has 0 atom stereocenters. The van der Waals surface area contributed by atoms with E-state index in [0.29, 0.717) is 0 Å². The Bertz CT molecular complexity index is 3860. The van der Waals surface area contributed by atoms with E-state index in [1.165, 1.54) is 93.9 Å². The lowest BCUT2D eigenvalue weighted by atomic mass is 9.65. The third-order valence-corrected chi connectivity index (χ3v) is 14.6. The minimum Gasteiger partial charge on any atom is -0.310 e. The Morgan fingerprint density at radius 3 is 1.63 bits per heavy atom. The molecule has 2 heteroatoms. The number of aromatic nitrogens is 1. The molecule has 2 aliphatic rings. The van der Waals surface area contributed by atoms with Gasteiger partial charge in [0.2, 0.25) is 0 Å². The highest BCUT2D eigenvalue weighted by molar-refractivity contribution is 6.14. The number of para-hydroxylation sites is 3. The van der Waals surface area contributed by atoms with Gasteiger partial charge in [0, 0.05) is 27.7 Å². The summed E-state index contributed by atoms with van der Waals surface area (Å²) in [6, 6.07) is 94.5. The number of fused-ring (bicyclic) bond motifs is 13. The number of anilines is 3. The van der Waals surface area contributed by atoms with Crippen molar-refractivity contribution in [2.75, 3.05) is 4.90 Å². The van der Waals surface area contributed by atoms with Crippen molar-refractivity contribution in [2.45, 2.75) is 5.41 Å². The van der Waals surface area contributed by atoms with Crippen LogP contribution in [0.4, 0.5) is 17.1 Å². The number of hydrogen-bond acceptors (Lipinski definition) is 1. The summed E-state index contributed by atoms with van der Waals surface area (Å²) >= 11 is 0. The molecule has 0 N–H and O–H groups in total. The van der Waals surface area contributed by atoms with Gasteiger partial charge >= 0.3 is 0 Å². The molecule has 2 nitrogen and oxygen atoms in total. The molecule has 0 fully saturated rings. The standard InChI is InChI=1S/C65H42N2/c1-2-17-43(18-3-1)44-33-35-47(36-34-44)52-22-8-13-30-61(52)66(48-39-37-46(38-40-48)51-26-16-20-45-19-4-5-21-50(45)51)49-41-56-55-25-9-14-31-62(55)67-63-32-15-12-29-59(63)65(60(42-49)64(56)67)57-27-10-6-23-53(57)54-24-7-11-28-58(54)65/h1-42H. The second-order valence-electron chi connectivity index (χ2n) is 18.0. The van der Waals surface area contributed by atoms with E-state index in [9.17, 15) is 0 Å². The van der Waals surface area contributed by atoms with E-state index in [4.69, 9.17) is 0 Å². The summed E-state index contributed by atoms with van der Waals surface area (Å²) in [7, 11) is 0. The fraction of sp³-hybridized carbons (Fsp3) is 0.0154. The van der Waals surface area contributed by atoms with E-state index < -0.39 is 5.41 Å². The molecule has 1 spiro atoms. The monoisotopic (exact) mass is 850 g/mol. The van der Waals surface area contributed by atoms with Crippen molar-refractivity contribution < 1.29 is 0 Å². The maximum absolute atomic E-state index is 2.54. The lowest BCUT2D eigenvalue weighted by Crippen LogP contribution is -2.33. The normalized spacial score (nSPS) is 12.9. The molecular formula is C65H42N2. The number of nitrogens with zero attached hydrogens (tertiary/aromatic N) is 2. The molecule has 1 aliphatic heterocycles. The van der Waals surface area contributed by atoms with Crippen molar-refractivity contribution >= 4 is 49.6 Å². The first-order chi connectivity index (χ1) is 33.3. The van der Waals surface area contributed by atoms with Gasteiger partial charge in [0.1, 0.15) is 0 Å². The van der Waals surface area contributed by atoms with E-state index in [2.05, 4.69) is 264 Å². The molecule has 0 unspecified atom stereocenters. The summed E-state index contributed by atoms with van der Waals surface area (Å²) in [5.41, 5.74) is 21.4. The summed E-state index contributed by atoms with van der Waals surface area (Å²) in [4.78, 5) is 2.51. The lowest BCUT2D eigenvalue weighted by Gasteiger charge is -2.40. The second-order valence-corrected chi connectivity index (χ2v) is 18.0. The molecule has 1 aliphatic carbocycles. The van der Waals surface area contributed by atoms with Crippen LogP contribution in [-0.2, 0) is 5.41 Å². The molecular weight excluding hydrogens is 809 g/mol. The molecule has 67 heavy (non-hydrogen) atoms. The van der Waals surface area contributed by atoms with Gasteiger partial charge in [-0.1, -0.05) is 212 Å². The number of benzene rings is 11. The van der Waals surface area contributed by atoms with Crippen LogP contribution in [0.15, 0.2) is 255 Å². The largest absolute Gasteiger partial charge is 0.310 e. The van der Waals surface area contributed by atoms with Gasteiger partial charge in [0.15, 0.2) is 0 Å². The predicted molar refractivity (Wildman–Crippen MR) is 280 cm³/mol. The van der Waals surface area contributed by atoms with Gasteiger partial charge in [-0.3, -0.25) is 0 Å². The Kier molecular flexibility index (Phi) is 8.23. The Hall–Kier alpha value is -8.72. The maximum atomic E-state index is 2.54. The van der Waals surface area contributed by atoms with Gasteiger partial charge in [0.25, 0.3) is 0 Å². The van der Waals surface area contributed by atoms with Gasteiger partial charge in [-0.15, -0.1) is 0 Å². The molecule has 0 radical (unpaired) electrons. The van der Waals surface area contributed by atoms with Crippen LogP contribution in [0.5, 0.6) is 0 Å². The summed E-state index contributed by atoms with van der Waals surface area (Å²) < 4.78 is 2.54. The van der Waals surface area contributed by atoms with Crippen molar-refractivity contribution in [3.8, 4) is 50.2 Å². The molecule has 312 valence electrons. The summed E-state index contributed by atoms with van der Waals surface area (Å²) in [5, 5.41) is 4.97. The molecule has 2 heterocycles. The van der Waals surface area contributed by atoms with Crippen LogP contribution in [0.3, 0.4) is 0 Å². The van der Waals surface area contributed by atoms with Gasteiger partial charge in [-0.2, -0.15) is 0 Å². The Morgan fingerprint density at radius 2 is 0.851 bits per heavy atom. The van der Waals surface area contributed by atoms with E-state index in [0.717, 1.165) is 28.2 Å². The van der Waals surface area contributed by atoms with Crippen LogP contribution < -0.4 is 4.90 Å². The first-order valence-electron chi connectivity index (χ1n) is 23.3. The molecule has 12 aromatic rings. The highest BCUT2D eigenvalue weighted by atomic mass is 15.1. The zero-order valence-corrected chi connectivity index (χ0v) is 36.6. The van der Waals surface area contributed by atoms with E-state index in [-0.39, 0.29) is 0 Å². The highest BCUT2D eigenvalue weighted by Gasteiger charge is 2.51. The number of rotatable bonds is 6. The summed E-state index contributed by atoms with van der Waals surface area (Å²) in [6.45, 7) is 0. The average molecular weight is 851 g/mol. The SMILES string of the molecule is c1ccc(-c2ccc(-c3ccccc3N(c3ccc(-c4cccc5ccccc45)cc3)c3cc4c5c(c3)c3ccccc3n5-c3ccccc3C43c4ccccc4-c4ccccc43)cc2)cc1. The summed E-state index contributed by atoms with van der Waals surface area (Å²) in [5.74, 6) is 0. The summed E-state index contributed by atoms with van der Waals surface area (Å²) in [6.07, 6.45) is 0. The van der Waals surface area contributed by atoms with E-state index in [1.807, 2.05) is 0 Å². The van der Waals surface area contributed by atoms with Crippen LogP contribution in [0.2, 0.25) is 0 Å². The van der Waals surface area contributed by atoms with Gasteiger partial charge < -0.3 is 9.47 Å². The number of hydrogen-bond donors (Lipinski definition) is 0. The van der Waals surface area contributed by atoms with Gasteiger partial charge in [-0.25, -0.2) is 0 Å². The Balaban J connectivity index is 1.06. The predicted octanol–water partition coefficient (Wildman–Crippen LogP) is 17.1. The second kappa shape index (κ2) is 14.7. The topological polar surface area (TPSA) is 8.17 Å². The quantitative estimate of drug-likeness (QED) is 0.162.